The molecule has 1 N–H and O–H groups in total. The maximum absolute atomic E-state index is 9.75. The highest BCUT2D eigenvalue weighted by Crippen LogP contribution is 2.27. The van der Waals surface area contributed by atoms with Gasteiger partial charge in [-0.05, 0) is 44.5 Å². The molecule has 92 valence electrons. The molecule has 3 nitrogen and oxygen atoms in total. The number of aliphatic hydroxyl groups excluding tert-OH is 1. The van der Waals surface area contributed by atoms with E-state index in [1.807, 2.05) is 19.9 Å². The molecule has 4 heteroatoms. The Morgan fingerprint density at radius 1 is 1.47 bits per heavy atom. The Kier molecular flexibility index (Phi) is 3.15. The first-order valence-electron chi connectivity index (χ1n) is 5.59. The monoisotopic (exact) mass is 253 g/mol. The maximum atomic E-state index is 9.75. The molecule has 0 aromatic heterocycles. The molecule has 0 fully saturated rings. The first-order chi connectivity index (χ1) is 7.89. The van der Waals surface area contributed by atoms with Gasteiger partial charge in [-0.25, -0.2) is 4.99 Å². The van der Waals surface area contributed by atoms with Gasteiger partial charge in [0.1, 0.15) is 6.61 Å². The summed E-state index contributed by atoms with van der Waals surface area (Å²) in [6.45, 7) is 6.29. The van der Waals surface area contributed by atoms with Gasteiger partial charge in [-0.15, -0.1) is 0 Å². The number of hydrogen-bond acceptors (Lipinski definition) is 3. The molecule has 2 rings (SSSR count). The van der Waals surface area contributed by atoms with E-state index in [2.05, 4.69) is 4.99 Å². The van der Waals surface area contributed by atoms with Crippen molar-refractivity contribution in [2.24, 2.45) is 4.99 Å². The largest absolute Gasteiger partial charge is 0.475 e. The fourth-order valence-electron chi connectivity index (χ4n) is 1.80. The van der Waals surface area contributed by atoms with Gasteiger partial charge in [-0.2, -0.15) is 0 Å². The van der Waals surface area contributed by atoms with Crippen molar-refractivity contribution >= 4 is 17.5 Å². The molecule has 1 atom stereocenters. The number of rotatable bonds is 2. The van der Waals surface area contributed by atoms with Gasteiger partial charge in [-0.3, -0.25) is 0 Å². The summed E-state index contributed by atoms with van der Waals surface area (Å²) in [5.41, 5.74) is 1.36. The predicted octanol–water partition coefficient (Wildman–Crippen LogP) is 2.95. The molecule has 17 heavy (non-hydrogen) atoms. The standard InChI is InChI=1S/C13H16ClNO2/c1-8(16)11-6-9(14)4-5-10(11)12-15-13(2,3)7-17-12/h4-6,8,16H,7H2,1-3H3. The van der Waals surface area contributed by atoms with Crippen molar-refractivity contribution in [2.75, 3.05) is 6.61 Å². The smallest absolute Gasteiger partial charge is 0.217 e. The zero-order valence-corrected chi connectivity index (χ0v) is 11.0. The summed E-state index contributed by atoms with van der Waals surface area (Å²) in [5.74, 6) is 0.586. The second-order valence-corrected chi connectivity index (χ2v) is 5.36. The second-order valence-electron chi connectivity index (χ2n) is 4.93. The van der Waals surface area contributed by atoms with Crippen LogP contribution in [0, 0.1) is 0 Å². The third-order valence-electron chi connectivity index (χ3n) is 2.66. The Morgan fingerprint density at radius 3 is 2.71 bits per heavy atom. The number of hydrogen-bond donors (Lipinski definition) is 1. The molecule has 0 saturated carbocycles. The molecule has 1 heterocycles. The fourth-order valence-corrected chi connectivity index (χ4v) is 1.98. The molecule has 0 amide bonds. The molecule has 0 bridgehead atoms. The van der Waals surface area contributed by atoms with E-state index in [1.54, 1.807) is 19.1 Å². The highest BCUT2D eigenvalue weighted by molar-refractivity contribution is 6.30. The van der Waals surface area contributed by atoms with Gasteiger partial charge in [0.15, 0.2) is 0 Å². The number of halogens is 1. The van der Waals surface area contributed by atoms with Crippen LogP contribution in [0.5, 0.6) is 0 Å². The Morgan fingerprint density at radius 2 is 2.18 bits per heavy atom. The molecule has 0 aliphatic carbocycles. The van der Waals surface area contributed by atoms with Gasteiger partial charge in [0, 0.05) is 10.6 Å². The lowest BCUT2D eigenvalue weighted by Gasteiger charge is -2.11. The van der Waals surface area contributed by atoms with Crippen LogP contribution in [0.2, 0.25) is 5.02 Å². The van der Waals surface area contributed by atoms with Crippen molar-refractivity contribution in [3.05, 3.63) is 34.3 Å². The number of benzene rings is 1. The average molecular weight is 254 g/mol. The molecule has 1 aromatic rings. The van der Waals surface area contributed by atoms with E-state index in [-0.39, 0.29) is 5.54 Å². The second kappa shape index (κ2) is 4.31. The van der Waals surface area contributed by atoms with Crippen molar-refractivity contribution in [3.8, 4) is 0 Å². The van der Waals surface area contributed by atoms with Gasteiger partial charge < -0.3 is 9.84 Å². The number of nitrogens with zero attached hydrogens (tertiary/aromatic N) is 1. The van der Waals surface area contributed by atoms with E-state index >= 15 is 0 Å². The molecule has 0 radical (unpaired) electrons. The summed E-state index contributed by atoms with van der Waals surface area (Å²) >= 11 is 5.93. The van der Waals surface area contributed by atoms with E-state index in [1.165, 1.54) is 0 Å². The summed E-state index contributed by atoms with van der Waals surface area (Å²) in [7, 11) is 0. The highest BCUT2D eigenvalue weighted by Gasteiger charge is 2.28. The highest BCUT2D eigenvalue weighted by atomic mass is 35.5. The quantitative estimate of drug-likeness (QED) is 0.881. The fraction of sp³-hybridized carbons (Fsp3) is 0.462. The van der Waals surface area contributed by atoms with Gasteiger partial charge in [0.25, 0.3) is 0 Å². The van der Waals surface area contributed by atoms with E-state index in [0.717, 1.165) is 11.1 Å². The van der Waals surface area contributed by atoms with Crippen molar-refractivity contribution in [2.45, 2.75) is 32.4 Å². The molecule has 0 spiro atoms. The summed E-state index contributed by atoms with van der Waals surface area (Å²) in [5, 5.41) is 10.3. The number of aliphatic imine (C=N–C) groups is 1. The minimum atomic E-state index is -0.598. The van der Waals surface area contributed by atoms with Gasteiger partial charge in [0.2, 0.25) is 5.90 Å². The Labute approximate surface area is 106 Å². The molecule has 0 saturated heterocycles. The SMILES string of the molecule is CC(O)c1cc(Cl)ccc1C1=NC(C)(C)CO1. The van der Waals surface area contributed by atoms with Gasteiger partial charge >= 0.3 is 0 Å². The van der Waals surface area contributed by atoms with Crippen molar-refractivity contribution < 1.29 is 9.84 Å². The Bertz CT molecular complexity index is 466. The molecule has 1 aromatic carbocycles. The molecule has 1 unspecified atom stereocenters. The van der Waals surface area contributed by atoms with Gasteiger partial charge in [-0.1, -0.05) is 11.6 Å². The lowest BCUT2D eigenvalue weighted by Crippen LogP contribution is -2.17. The van der Waals surface area contributed by atoms with E-state index in [9.17, 15) is 5.11 Å². The van der Waals surface area contributed by atoms with Crippen LogP contribution in [0.25, 0.3) is 0 Å². The lowest BCUT2D eigenvalue weighted by molar-refractivity contribution is 0.198. The Hall–Kier alpha value is -1.06. The van der Waals surface area contributed by atoms with Crippen LogP contribution in [-0.2, 0) is 4.74 Å². The lowest BCUT2D eigenvalue weighted by atomic mass is 10.0. The number of ether oxygens (including phenoxy) is 1. The number of aliphatic hydroxyl groups is 1. The zero-order valence-electron chi connectivity index (χ0n) is 10.2. The zero-order chi connectivity index (χ0) is 12.6. The van der Waals surface area contributed by atoms with E-state index in [0.29, 0.717) is 17.5 Å². The summed E-state index contributed by atoms with van der Waals surface area (Å²) < 4.78 is 5.58. The van der Waals surface area contributed by atoms with Crippen LogP contribution in [0.4, 0.5) is 0 Å². The van der Waals surface area contributed by atoms with E-state index in [4.69, 9.17) is 16.3 Å². The predicted molar refractivity (Wildman–Crippen MR) is 68.7 cm³/mol. The molecule has 1 aliphatic rings. The van der Waals surface area contributed by atoms with Crippen LogP contribution in [0.15, 0.2) is 23.2 Å². The van der Waals surface area contributed by atoms with E-state index < -0.39 is 6.10 Å². The summed E-state index contributed by atoms with van der Waals surface area (Å²) in [4.78, 5) is 4.50. The van der Waals surface area contributed by atoms with Gasteiger partial charge in [0.05, 0.1) is 11.6 Å². The summed E-state index contributed by atoms with van der Waals surface area (Å²) in [6, 6.07) is 5.36. The van der Waals surface area contributed by atoms with Crippen LogP contribution >= 0.6 is 11.6 Å². The minimum absolute atomic E-state index is 0.203. The third kappa shape index (κ3) is 2.61. The summed E-state index contributed by atoms with van der Waals surface area (Å²) in [6.07, 6.45) is -0.598. The van der Waals surface area contributed by atoms with Crippen LogP contribution in [-0.4, -0.2) is 23.2 Å². The molecule has 1 aliphatic heterocycles. The molecular weight excluding hydrogens is 238 g/mol. The topological polar surface area (TPSA) is 41.8 Å². The van der Waals surface area contributed by atoms with Crippen LogP contribution in [0.1, 0.15) is 38.0 Å². The van der Waals surface area contributed by atoms with Crippen molar-refractivity contribution in [1.82, 2.24) is 0 Å². The average Bonchev–Trinajstić information content (AvgIpc) is 2.58. The van der Waals surface area contributed by atoms with Crippen molar-refractivity contribution in [1.29, 1.82) is 0 Å². The first-order valence-corrected chi connectivity index (χ1v) is 5.97. The maximum Gasteiger partial charge on any atom is 0.217 e. The third-order valence-corrected chi connectivity index (χ3v) is 2.90. The minimum Gasteiger partial charge on any atom is -0.475 e. The Balaban J connectivity index is 2.46. The molecular formula is C13H16ClNO2. The van der Waals surface area contributed by atoms with Crippen LogP contribution < -0.4 is 0 Å². The van der Waals surface area contributed by atoms with Crippen molar-refractivity contribution in [3.63, 3.8) is 0 Å². The normalized spacial score (nSPS) is 19.7. The van der Waals surface area contributed by atoms with Crippen LogP contribution in [0.3, 0.4) is 0 Å². The first kappa shape index (κ1) is 12.4.